The zero-order valence-corrected chi connectivity index (χ0v) is 10.1. The fourth-order valence-electron chi connectivity index (χ4n) is 1.57. The lowest BCUT2D eigenvalue weighted by Crippen LogP contribution is -2.33. The third kappa shape index (κ3) is 3.18. The Hall–Kier alpha value is -1.13. The van der Waals surface area contributed by atoms with Crippen molar-refractivity contribution in [2.24, 2.45) is 0 Å². The van der Waals surface area contributed by atoms with E-state index in [2.05, 4.69) is 5.32 Å². The highest BCUT2D eigenvalue weighted by atomic mass is 19.1. The van der Waals surface area contributed by atoms with Crippen molar-refractivity contribution in [2.75, 3.05) is 19.5 Å². The highest BCUT2D eigenvalue weighted by molar-refractivity contribution is 5.46. The summed E-state index contributed by atoms with van der Waals surface area (Å²) in [5.74, 6) is -0.201. The molecule has 1 unspecified atom stereocenters. The molecular weight excluding hydrogens is 209 g/mol. The first-order valence-corrected chi connectivity index (χ1v) is 5.16. The van der Waals surface area contributed by atoms with Crippen LogP contribution in [0.2, 0.25) is 0 Å². The first-order chi connectivity index (χ1) is 7.58. The first kappa shape index (κ1) is 12.9. The summed E-state index contributed by atoms with van der Waals surface area (Å²) in [4.78, 5) is 0. The number of hydrogen-bond acceptors (Lipinski definition) is 3. The van der Waals surface area contributed by atoms with Gasteiger partial charge in [-0.05, 0) is 37.6 Å². The molecule has 0 saturated carbocycles. The van der Waals surface area contributed by atoms with Crippen molar-refractivity contribution in [3.63, 3.8) is 0 Å². The second-order valence-electron chi connectivity index (χ2n) is 3.74. The quantitative estimate of drug-likeness (QED) is 0.784. The minimum Gasteiger partial charge on any atom is -0.377 e. The van der Waals surface area contributed by atoms with Gasteiger partial charge in [-0.2, -0.15) is 0 Å². The normalized spacial score (nSPS) is 12.9. The third-order valence-corrected chi connectivity index (χ3v) is 2.43. The average molecular weight is 227 g/mol. The summed E-state index contributed by atoms with van der Waals surface area (Å²) < 4.78 is 23.3. The van der Waals surface area contributed by atoms with Gasteiger partial charge in [0.1, 0.15) is 5.82 Å². The van der Waals surface area contributed by atoms with Crippen LogP contribution in [0.5, 0.6) is 0 Å². The summed E-state index contributed by atoms with van der Waals surface area (Å²) in [6, 6.07) is 4.88. The predicted molar refractivity (Wildman–Crippen MR) is 62.0 cm³/mol. The number of nitrogens with one attached hydrogen (secondary N) is 1. The monoisotopic (exact) mass is 227 g/mol. The molecule has 0 aliphatic heterocycles. The molecule has 1 rings (SSSR count). The van der Waals surface area contributed by atoms with Crippen LogP contribution in [0.3, 0.4) is 0 Å². The number of hydrogen-bond donors (Lipinski definition) is 1. The third-order valence-electron chi connectivity index (χ3n) is 2.43. The van der Waals surface area contributed by atoms with Crippen molar-refractivity contribution in [3.8, 4) is 0 Å². The van der Waals surface area contributed by atoms with Crippen molar-refractivity contribution >= 4 is 5.69 Å². The van der Waals surface area contributed by atoms with E-state index in [9.17, 15) is 4.39 Å². The molecule has 0 heterocycles. The Morgan fingerprint density at radius 2 is 1.88 bits per heavy atom. The number of anilines is 1. The van der Waals surface area contributed by atoms with E-state index in [-0.39, 0.29) is 18.1 Å². The first-order valence-electron chi connectivity index (χ1n) is 5.16. The van der Waals surface area contributed by atoms with Crippen LogP contribution in [-0.4, -0.2) is 26.6 Å². The highest BCUT2D eigenvalue weighted by Gasteiger charge is 2.15. The fourth-order valence-corrected chi connectivity index (χ4v) is 1.57. The average Bonchev–Trinajstić information content (AvgIpc) is 2.25. The van der Waals surface area contributed by atoms with Gasteiger partial charge >= 0.3 is 0 Å². The molecule has 1 N–H and O–H groups in total. The molecule has 90 valence electrons. The van der Waals surface area contributed by atoms with Gasteiger partial charge in [0.25, 0.3) is 0 Å². The maximum absolute atomic E-state index is 13.0. The summed E-state index contributed by atoms with van der Waals surface area (Å²) in [6.45, 7) is 3.67. The zero-order chi connectivity index (χ0) is 12.1. The van der Waals surface area contributed by atoms with E-state index in [1.807, 2.05) is 6.92 Å². The van der Waals surface area contributed by atoms with Gasteiger partial charge in [0.2, 0.25) is 0 Å². The van der Waals surface area contributed by atoms with Crippen molar-refractivity contribution in [3.05, 3.63) is 29.6 Å². The molecule has 0 bridgehead atoms. The molecule has 0 aliphatic carbocycles. The molecule has 0 spiro atoms. The molecule has 0 aliphatic rings. The van der Waals surface area contributed by atoms with Crippen LogP contribution in [-0.2, 0) is 9.47 Å². The van der Waals surface area contributed by atoms with Crippen molar-refractivity contribution in [1.29, 1.82) is 0 Å². The molecule has 0 fully saturated rings. The van der Waals surface area contributed by atoms with Crippen LogP contribution in [0.1, 0.15) is 12.5 Å². The van der Waals surface area contributed by atoms with Gasteiger partial charge in [-0.25, -0.2) is 4.39 Å². The largest absolute Gasteiger partial charge is 0.377 e. The van der Waals surface area contributed by atoms with Crippen molar-refractivity contribution in [1.82, 2.24) is 0 Å². The summed E-state index contributed by atoms with van der Waals surface area (Å²) in [6.07, 6.45) is -0.328. The molecule has 1 aromatic rings. The summed E-state index contributed by atoms with van der Waals surface area (Å²) in [5.41, 5.74) is 1.47. The Balaban J connectivity index is 2.69. The number of halogens is 1. The Morgan fingerprint density at radius 3 is 2.38 bits per heavy atom. The minimum absolute atomic E-state index is 0.0140. The maximum atomic E-state index is 13.0. The SMILES string of the molecule is COC(OC)C(C)Nc1ccc(F)c(C)c1. The van der Waals surface area contributed by atoms with Gasteiger partial charge in [0, 0.05) is 19.9 Å². The van der Waals surface area contributed by atoms with Crippen LogP contribution in [0, 0.1) is 12.7 Å². The maximum Gasteiger partial charge on any atom is 0.176 e. The predicted octanol–water partition coefficient (Wildman–Crippen LogP) is 2.55. The fraction of sp³-hybridized carbons (Fsp3) is 0.500. The molecule has 0 amide bonds. The standard InChI is InChI=1S/C12H18FNO2/c1-8-7-10(5-6-11(8)13)14-9(2)12(15-3)16-4/h5-7,9,12,14H,1-4H3. The van der Waals surface area contributed by atoms with Gasteiger partial charge in [-0.1, -0.05) is 0 Å². The minimum atomic E-state index is -0.328. The van der Waals surface area contributed by atoms with Crippen LogP contribution >= 0.6 is 0 Å². The van der Waals surface area contributed by atoms with Crippen LogP contribution in [0.25, 0.3) is 0 Å². The molecule has 1 atom stereocenters. The van der Waals surface area contributed by atoms with Crippen molar-refractivity contribution < 1.29 is 13.9 Å². The molecular formula is C12H18FNO2. The van der Waals surface area contributed by atoms with E-state index in [0.29, 0.717) is 5.56 Å². The summed E-state index contributed by atoms with van der Waals surface area (Å²) in [7, 11) is 3.17. The van der Waals surface area contributed by atoms with Gasteiger partial charge in [-0.3, -0.25) is 0 Å². The Labute approximate surface area is 95.6 Å². The van der Waals surface area contributed by atoms with Gasteiger partial charge < -0.3 is 14.8 Å². The number of rotatable bonds is 5. The van der Waals surface area contributed by atoms with E-state index in [0.717, 1.165) is 5.69 Å². The van der Waals surface area contributed by atoms with E-state index >= 15 is 0 Å². The van der Waals surface area contributed by atoms with E-state index in [1.54, 1.807) is 33.3 Å². The summed E-state index contributed by atoms with van der Waals surface area (Å²) >= 11 is 0. The molecule has 0 aromatic heterocycles. The van der Waals surface area contributed by atoms with Gasteiger partial charge in [-0.15, -0.1) is 0 Å². The Kier molecular flexibility index (Phi) is 4.71. The number of ether oxygens (including phenoxy) is 2. The highest BCUT2D eigenvalue weighted by Crippen LogP contribution is 2.15. The molecule has 16 heavy (non-hydrogen) atoms. The Morgan fingerprint density at radius 1 is 1.25 bits per heavy atom. The zero-order valence-electron chi connectivity index (χ0n) is 10.1. The lowest BCUT2D eigenvalue weighted by molar-refractivity contribution is -0.109. The van der Waals surface area contributed by atoms with Gasteiger partial charge in [0.15, 0.2) is 6.29 Å². The van der Waals surface area contributed by atoms with E-state index < -0.39 is 0 Å². The van der Waals surface area contributed by atoms with Gasteiger partial charge in [0.05, 0.1) is 6.04 Å². The number of methoxy groups -OCH3 is 2. The lowest BCUT2D eigenvalue weighted by atomic mass is 10.2. The smallest absolute Gasteiger partial charge is 0.176 e. The molecule has 0 radical (unpaired) electrons. The second-order valence-corrected chi connectivity index (χ2v) is 3.74. The lowest BCUT2D eigenvalue weighted by Gasteiger charge is -2.23. The Bertz CT molecular complexity index is 340. The molecule has 3 nitrogen and oxygen atoms in total. The number of benzene rings is 1. The van der Waals surface area contributed by atoms with E-state index in [4.69, 9.17) is 9.47 Å². The van der Waals surface area contributed by atoms with E-state index in [1.165, 1.54) is 6.07 Å². The van der Waals surface area contributed by atoms with Crippen LogP contribution < -0.4 is 5.32 Å². The van der Waals surface area contributed by atoms with Crippen molar-refractivity contribution in [2.45, 2.75) is 26.2 Å². The van der Waals surface area contributed by atoms with Crippen LogP contribution in [0.4, 0.5) is 10.1 Å². The molecule has 4 heteroatoms. The summed E-state index contributed by atoms with van der Waals surface area (Å²) in [5, 5.41) is 3.20. The van der Waals surface area contributed by atoms with Crippen LogP contribution in [0.15, 0.2) is 18.2 Å². The topological polar surface area (TPSA) is 30.5 Å². The molecule has 1 aromatic carbocycles. The second kappa shape index (κ2) is 5.82. The molecule has 0 saturated heterocycles. The number of aryl methyl sites for hydroxylation is 1.